The minimum absolute atomic E-state index is 0.0467. The van der Waals surface area contributed by atoms with E-state index in [-0.39, 0.29) is 11.4 Å². The summed E-state index contributed by atoms with van der Waals surface area (Å²) in [4.78, 5) is 24.7. The number of nitrogens with zero attached hydrogens (tertiary/aromatic N) is 3. The number of rotatable bonds is 6. The van der Waals surface area contributed by atoms with Crippen molar-refractivity contribution in [2.24, 2.45) is 15.7 Å². The number of aliphatic imine (C=N–C) groups is 2. The summed E-state index contributed by atoms with van der Waals surface area (Å²) < 4.78 is 0. The third-order valence-corrected chi connectivity index (χ3v) is 6.05. The zero-order valence-corrected chi connectivity index (χ0v) is 20.0. The minimum atomic E-state index is -0.340. The number of carbonyl (C=O) groups is 1. The molecule has 0 aromatic heterocycles. The van der Waals surface area contributed by atoms with Crippen molar-refractivity contribution in [2.75, 3.05) is 18.4 Å². The predicted octanol–water partition coefficient (Wildman–Crippen LogP) is 5.22. The van der Waals surface area contributed by atoms with E-state index >= 15 is 0 Å². The van der Waals surface area contributed by atoms with E-state index in [0.29, 0.717) is 17.8 Å². The maximum Gasteiger partial charge on any atom is 0.250 e. The Labute approximate surface area is 196 Å². The number of amides is 1. The zero-order valence-electron chi connectivity index (χ0n) is 20.0. The van der Waals surface area contributed by atoms with Crippen molar-refractivity contribution in [3.05, 3.63) is 64.7 Å². The fraction of sp³-hybridized carbons (Fsp3) is 0.370. The molecule has 33 heavy (non-hydrogen) atoms. The van der Waals surface area contributed by atoms with Crippen LogP contribution in [0.2, 0.25) is 0 Å². The number of anilines is 1. The molecule has 0 fully saturated rings. The van der Waals surface area contributed by atoms with Crippen molar-refractivity contribution in [2.45, 2.75) is 52.5 Å². The van der Waals surface area contributed by atoms with Crippen LogP contribution in [0.25, 0.3) is 6.08 Å². The van der Waals surface area contributed by atoms with E-state index in [0.717, 1.165) is 54.3 Å². The maximum atomic E-state index is 13.2. The van der Waals surface area contributed by atoms with Crippen molar-refractivity contribution in [3.63, 3.8) is 0 Å². The number of hydrogen-bond donors (Lipinski definition) is 2. The van der Waals surface area contributed by atoms with Gasteiger partial charge in [0.15, 0.2) is 0 Å². The van der Waals surface area contributed by atoms with Crippen LogP contribution >= 0.6 is 0 Å². The average Bonchev–Trinajstić information content (AvgIpc) is 2.95. The Morgan fingerprint density at radius 1 is 1.12 bits per heavy atom. The molecule has 2 aromatic carbocycles. The van der Waals surface area contributed by atoms with Gasteiger partial charge in [0.1, 0.15) is 11.7 Å². The first-order valence-electron chi connectivity index (χ1n) is 11.8. The van der Waals surface area contributed by atoms with Gasteiger partial charge in [-0.3, -0.25) is 9.79 Å². The number of fused-ring (bicyclic) bond motifs is 2. The molecule has 6 nitrogen and oxygen atoms in total. The summed E-state index contributed by atoms with van der Waals surface area (Å²) in [5, 5.41) is 3.47. The molecular formula is C27H33N5O. The van der Waals surface area contributed by atoms with Crippen molar-refractivity contribution >= 4 is 35.0 Å². The Hall–Kier alpha value is -3.41. The molecule has 0 aliphatic carbocycles. The number of amidine groups is 2. The average molecular weight is 444 g/mol. The summed E-state index contributed by atoms with van der Waals surface area (Å²) in [5.41, 5.74) is 11.4. The Morgan fingerprint density at radius 3 is 2.58 bits per heavy atom. The maximum absolute atomic E-state index is 13.2. The first-order valence-corrected chi connectivity index (χ1v) is 11.8. The lowest BCUT2D eigenvalue weighted by atomic mass is 9.91. The fourth-order valence-corrected chi connectivity index (χ4v) is 4.49. The molecular weight excluding hydrogens is 410 g/mol. The Morgan fingerprint density at radius 2 is 1.85 bits per heavy atom. The Balaban J connectivity index is 1.69. The van der Waals surface area contributed by atoms with Crippen molar-refractivity contribution in [1.82, 2.24) is 4.90 Å². The molecule has 1 amide bonds. The molecule has 2 aliphatic rings. The van der Waals surface area contributed by atoms with Crippen LogP contribution < -0.4 is 11.1 Å². The number of nitrogens with two attached hydrogens (primary N) is 1. The summed E-state index contributed by atoms with van der Waals surface area (Å²) in [6, 6.07) is 14.3. The molecule has 0 radical (unpaired) electrons. The van der Waals surface area contributed by atoms with Gasteiger partial charge in [0.2, 0.25) is 5.91 Å². The first-order chi connectivity index (χ1) is 15.8. The van der Waals surface area contributed by atoms with E-state index < -0.39 is 0 Å². The number of benzene rings is 2. The van der Waals surface area contributed by atoms with Crippen LogP contribution in [0.5, 0.6) is 0 Å². The molecule has 0 atom stereocenters. The molecule has 0 bridgehead atoms. The van der Waals surface area contributed by atoms with Crippen molar-refractivity contribution in [3.8, 4) is 0 Å². The van der Waals surface area contributed by atoms with Crippen LogP contribution in [0, 0.1) is 0 Å². The standard InChI is InChI=1S/C27H33N5O/c1-5-13-32(14-6-2)26(33)20-15-18-11-12-19(16-23(18)29-24(28)17-20)25-30-22-10-8-7-9-21(22)27(3,4)31-25/h7-12,15-16H,5-6,13-14,17H2,1-4H3,(H2,28,29)(H,30,31). The van der Waals surface area contributed by atoms with Crippen LogP contribution in [0.4, 0.5) is 11.4 Å². The van der Waals surface area contributed by atoms with Gasteiger partial charge in [-0.2, -0.15) is 0 Å². The van der Waals surface area contributed by atoms with Gasteiger partial charge in [0.25, 0.3) is 0 Å². The third-order valence-electron chi connectivity index (χ3n) is 6.05. The molecule has 2 aliphatic heterocycles. The lowest BCUT2D eigenvalue weighted by molar-refractivity contribution is -0.127. The molecule has 6 heteroatoms. The van der Waals surface area contributed by atoms with Crippen LogP contribution in [0.15, 0.2) is 58.0 Å². The van der Waals surface area contributed by atoms with Gasteiger partial charge >= 0.3 is 0 Å². The summed E-state index contributed by atoms with van der Waals surface area (Å²) in [6.45, 7) is 9.90. The number of hydrogen-bond acceptors (Lipinski definition) is 5. The van der Waals surface area contributed by atoms with Gasteiger partial charge in [-0.1, -0.05) is 44.2 Å². The van der Waals surface area contributed by atoms with Gasteiger partial charge in [-0.25, -0.2) is 4.99 Å². The number of nitrogens with one attached hydrogen (secondary N) is 1. The van der Waals surface area contributed by atoms with Crippen LogP contribution in [0.1, 0.15) is 63.6 Å². The highest BCUT2D eigenvalue weighted by Gasteiger charge is 2.29. The van der Waals surface area contributed by atoms with E-state index in [2.05, 4.69) is 50.1 Å². The predicted molar refractivity (Wildman–Crippen MR) is 137 cm³/mol. The summed E-state index contributed by atoms with van der Waals surface area (Å²) in [5.74, 6) is 1.30. The number of carbonyl (C=O) groups excluding carboxylic acids is 1. The van der Waals surface area contributed by atoms with Crippen LogP contribution in [-0.2, 0) is 10.3 Å². The van der Waals surface area contributed by atoms with Gasteiger partial charge in [0.05, 0.1) is 11.2 Å². The monoisotopic (exact) mass is 443 g/mol. The van der Waals surface area contributed by atoms with Crippen molar-refractivity contribution in [1.29, 1.82) is 0 Å². The smallest absolute Gasteiger partial charge is 0.250 e. The lowest BCUT2D eigenvalue weighted by Crippen LogP contribution is -2.34. The molecule has 172 valence electrons. The quantitative estimate of drug-likeness (QED) is 0.642. The van der Waals surface area contributed by atoms with Gasteiger partial charge in [0, 0.05) is 47.5 Å². The van der Waals surface area contributed by atoms with E-state index in [9.17, 15) is 4.79 Å². The highest BCUT2D eigenvalue weighted by Crippen LogP contribution is 2.36. The van der Waals surface area contributed by atoms with Crippen molar-refractivity contribution < 1.29 is 4.79 Å². The van der Waals surface area contributed by atoms with Gasteiger partial charge in [-0.05, 0) is 44.9 Å². The van der Waals surface area contributed by atoms with E-state index in [1.54, 1.807) is 0 Å². The Kier molecular flexibility index (Phi) is 6.36. The van der Waals surface area contributed by atoms with E-state index in [1.165, 1.54) is 5.56 Å². The second-order valence-electron chi connectivity index (χ2n) is 9.21. The van der Waals surface area contributed by atoms with E-state index in [4.69, 9.17) is 10.7 Å². The molecule has 3 N–H and O–H groups in total. The Bertz CT molecular complexity index is 1150. The lowest BCUT2D eigenvalue weighted by Gasteiger charge is -2.31. The number of para-hydroxylation sites is 1. The normalized spacial score (nSPS) is 16.3. The molecule has 0 saturated heterocycles. The highest BCUT2D eigenvalue weighted by molar-refractivity contribution is 6.11. The summed E-state index contributed by atoms with van der Waals surface area (Å²) >= 11 is 0. The summed E-state index contributed by atoms with van der Waals surface area (Å²) in [6.07, 6.45) is 4.15. The third kappa shape index (κ3) is 4.70. The SMILES string of the molecule is CCCN(CCC)C(=O)C1=Cc2ccc(C3=NC(C)(C)c4ccccc4N3)cc2N=C(N)C1. The molecule has 2 heterocycles. The second kappa shape index (κ2) is 9.22. The molecule has 4 rings (SSSR count). The largest absolute Gasteiger partial charge is 0.387 e. The minimum Gasteiger partial charge on any atom is -0.387 e. The van der Waals surface area contributed by atoms with Crippen LogP contribution in [-0.4, -0.2) is 35.6 Å². The van der Waals surface area contributed by atoms with E-state index in [1.807, 2.05) is 41.3 Å². The molecule has 0 saturated carbocycles. The summed E-state index contributed by atoms with van der Waals surface area (Å²) in [7, 11) is 0. The first kappa shape index (κ1) is 22.8. The molecule has 0 spiro atoms. The molecule has 0 unspecified atom stereocenters. The second-order valence-corrected chi connectivity index (χ2v) is 9.21. The molecule has 2 aromatic rings. The van der Waals surface area contributed by atoms with Gasteiger partial charge < -0.3 is 16.0 Å². The van der Waals surface area contributed by atoms with Crippen LogP contribution in [0.3, 0.4) is 0 Å². The fourth-order valence-electron chi connectivity index (χ4n) is 4.49. The van der Waals surface area contributed by atoms with Gasteiger partial charge in [-0.15, -0.1) is 0 Å². The topological polar surface area (TPSA) is 83.1 Å². The highest BCUT2D eigenvalue weighted by atomic mass is 16.2. The zero-order chi connectivity index (χ0) is 23.6.